The molecule has 1 N–H and O–H groups in total. The minimum atomic E-state index is -1.16. The molecule has 0 aliphatic carbocycles. The number of halogens is 1. The number of hydrogen-bond acceptors (Lipinski definition) is 2. The van der Waals surface area contributed by atoms with E-state index in [1.165, 1.54) is 24.7 Å². The Labute approximate surface area is 93.3 Å². The molecule has 0 radical (unpaired) electrons. The van der Waals surface area contributed by atoms with Gasteiger partial charge in [-0.25, -0.2) is 4.39 Å². The first kappa shape index (κ1) is 10.9. The standard InChI is InChI=1S/C13H13FO2/c1-9-7-11(14)3-4-12(9)13(2,15)10-5-6-16-8-10/h3-8,15H,1-2H3. The van der Waals surface area contributed by atoms with Crippen LogP contribution in [0.4, 0.5) is 4.39 Å². The van der Waals surface area contributed by atoms with Crippen molar-refractivity contribution >= 4 is 0 Å². The van der Waals surface area contributed by atoms with E-state index in [1.807, 2.05) is 0 Å². The Bertz CT molecular complexity index is 487. The summed E-state index contributed by atoms with van der Waals surface area (Å²) in [4.78, 5) is 0. The largest absolute Gasteiger partial charge is 0.472 e. The molecule has 1 aromatic carbocycles. The molecule has 1 atom stereocenters. The van der Waals surface area contributed by atoms with Gasteiger partial charge < -0.3 is 9.52 Å². The van der Waals surface area contributed by atoms with Crippen molar-refractivity contribution in [2.45, 2.75) is 19.4 Å². The van der Waals surface area contributed by atoms with Gasteiger partial charge in [0, 0.05) is 5.56 Å². The summed E-state index contributed by atoms with van der Waals surface area (Å²) in [6, 6.07) is 6.04. The van der Waals surface area contributed by atoms with Crippen molar-refractivity contribution in [1.82, 2.24) is 0 Å². The first-order chi connectivity index (χ1) is 7.51. The number of aryl methyl sites for hydroxylation is 1. The van der Waals surface area contributed by atoms with Gasteiger partial charge in [0.25, 0.3) is 0 Å². The molecule has 0 bridgehead atoms. The van der Waals surface area contributed by atoms with Crippen LogP contribution in [0.1, 0.15) is 23.6 Å². The molecule has 1 heterocycles. The van der Waals surface area contributed by atoms with Crippen molar-refractivity contribution in [3.05, 3.63) is 59.3 Å². The lowest BCUT2D eigenvalue weighted by Crippen LogP contribution is -2.23. The first-order valence-electron chi connectivity index (χ1n) is 5.03. The average molecular weight is 220 g/mol. The van der Waals surface area contributed by atoms with Crippen molar-refractivity contribution in [2.75, 3.05) is 0 Å². The van der Waals surface area contributed by atoms with Gasteiger partial charge in [0.05, 0.1) is 12.5 Å². The molecule has 1 aromatic heterocycles. The molecule has 0 saturated carbocycles. The van der Waals surface area contributed by atoms with E-state index in [1.54, 1.807) is 26.0 Å². The quantitative estimate of drug-likeness (QED) is 0.844. The molecule has 2 aromatic rings. The molecule has 84 valence electrons. The molecule has 0 fully saturated rings. The van der Waals surface area contributed by atoms with Crippen molar-refractivity contribution in [2.24, 2.45) is 0 Å². The lowest BCUT2D eigenvalue weighted by Gasteiger charge is -2.24. The van der Waals surface area contributed by atoms with Crippen LogP contribution >= 0.6 is 0 Å². The Morgan fingerprint density at radius 2 is 2.06 bits per heavy atom. The van der Waals surface area contributed by atoms with Crippen LogP contribution in [0.2, 0.25) is 0 Å². The molecule has 2 rings (SSSR count). The molecular weight excluding hydrogens is 207 g/mol. The minimum Gasteiger partial charge on any atom is -0.472 e. The average Bonchev–Trinajstić information content (AvgIpc) is 2.69. The van der Waals surface area contributed by atoms with Crippen LogP contribution in [-0.2, 0) is 5.60 Å². The van der Waals surface area contributed by atoms with Gasteiger partial charge >= 0.3 is 0 Å². The van der Waals surface area contributed by atoms with Crippen LogP contribution < -0.4 is 0 Å². The van der Waals surface area contributed by atoms with Gasteiger partial charge in [0.2, 0.25) is 0 Å². The van der Waals surface area contributed by atoms with Gasteiger partial charge in [0.1, 0.15) is 11.4 Å². The van der Waals surface area contributed by atoms with Crippen LogP contribution in [0, 0.1) is 12.7 Å². The van der Waals surface area contributed by atoms with E-state index in [2.05, 4.69) is 0 Å². The Kier molecular flexibility index (Phi) is 2.56. The molecule has 2 nitrogen and oxygen atoms in total. The van der Waals surface area contributed by atoms with Crippen LogP contribution in [0.15, 0.2) is 41.2 Å². The van der Waals surface area contributed by atoms with Crippen LogP contribution in [0.3, 0.4) is 0 Å². The molecule has 0 saturated heterocycles. The number of hydrogen-bond donors (Lipinski definition) is 1. The fraction of sp³-hybridized carbons (Fsp3) is 0.231. The number of furan rings is 1. The summed E-state index contributed by atoms with van der Waals surface area (Å²) in [6.45, 7) is 3.44. The fourth-order valence-electron chi connectivity index (χ4n) is 1.87. The topological polar surface area (TPSA) is 33.4 Å². The SMILES string of the molecule is Cc1cc(F)ccc1C(C)(O)c1ccoc1. The normalized spacial score (nSPS) is 14.8. The van der Waals surface area contributed by atoms with E-state index in [-0.39, 0.29) is 5.82 Å². The van der Waals surface area contributed by atoms with Gasteiger partial charge in [-0.05, 0) is 43.2 Å². The van der Waals surface area contributed by atoms with Gasteiger partial charge in [-0.3, -0.25) is 0 Å². The third-order valence-electron chi connectivity index (χ3n) is 2.80. The highest BCUT2D eigenvalue weighted by Crippen LogP contribution is 2.31. The van der Waals surface area contributed by atoms with E-state index in [9.17, 15) is 9.50 Å². The summed E-state index contributed by atoms with van der Waals surface area (Å²) in [7, 11) is 0. The second-order valence-corrected chi connectivity index (χ2v) is 4.04. The molecular formula is C13H13FO2. The highest BCUT2D eigenvalue weighted by atomic mass is 19.1. The van der Waals surface area contributed by atoms with E-state index < -0.39 is 5.60 Å². The van der Waals surface area contributed by atoms with E-state index in [4.69, 9.17) is 4.42 Å². The second-order valence-electron chi connectivity index (χ2n) is 4.04. The zero-order valence-electron chi connectivity index (χ0n) is 9.20. The van der Waals surface area contributed by atoms with Gasteiger partial charge in [0.15, 0.2) is 0 Å². The molecule has 0 aliphatic rings. The summed E-state index contributed by atoms with van der Waals surface area (Å²) in [5.74, 6) is -0.302. The lowest BCUT2D eigenvalue weighted by atomic mass is 9.87. The van der Waals surface area contributed by atoms with E-state index in [0.717, 1.165) is 0 Å². The third kappa shape index (κ3) is 1.74. The Hall–Kier alpha value is -1.61. The minimum absolute atomic E-state index is 0.302. The Morgan fingerprint density at radius 3 is 2.62 bits per heavy atom. The first-order valence-corrected chi connectivity index (χ1v) is 5.03. The zero-order chi connectivity index (χ0) is 11.8. The summed E-state index contributed by atoms with van der Waals surface area (Å²) >= 11 is 0. The fourth-order valence-corrected chi connectivity index (χ4v) is 1.87. The van der Waals surface area contributed by atoms with Crippen LogP contribution in [-0.4, -0.2) is 5.11 Å². The van der Waals surface area contributed by atoms with Crippen molar-refractivity contribution < 1.29 is 13.9 Å². The van der Waals surface area contributed by atoms with Crippen LogP contribution in [0.5, 0.6) is 0 Å². The number of rotatable bonds is 2. The maximum absolute atomic E-state index is 13.0. The number of benzene rings is 1. The molecule has 1 unspecified atom stereocenters. The van der Waals surface area contributed by atoms with Crippen molar-refractivity contribution in [3.8, 4) is 0 Å². The maximum Gasteiger partial charge on any atom is 0.123 e. The molecule has 0 amide bonds. The summed E-state index contributed by atoms with van der Waals surface area (Å²) < 4.78 is 17.9. The summed E-state index contributed by atoms with van der Waals surface area (Å²) in [6.07, 6.45) is 2.99. The summed E-state index contributed by atoms with van der Waals surface area (Å²) in [5, 5.41) is 10.4. The van der Waals surface area contributed by atoms with Crippen molar-refractivity contribution in [3.63, 3.8) is 0 Å². The monoisotopic (exact) mass is 220 g/mol. The van der Waals surface area contributed by atoms with E-state index >= 15 is 0 Å². The predicted molar refractivity (Wildman–Crippen MR) is 58.5 cm³/mol. The maximum atomic E-state index is 13.0. The zero-order valence-corrected chi connectivity index (χ0v) is 9.20. The summed E-state index contributed by atoms with van der Waals surface area (Å²) in [5.41, 5.74) is 0.883. The highest BCUT2D eigenvalue weighted by molar-refractivity contribution is 5.38. The number of aliphatic hydroxyl groups is 1. The van der Waals surface area contributed by atoms with E-state index in [0.29, 0.717) is 16.7 Å². The second kappa shape index (κ2) is 3.76. The van der Waals surface area contributed by atoms with Gasteiger partial charge in [-0.2, -0.15) is 0 Å². The molecule has 16 heavy (non-hydrogen) atoms. The predicted octanol–water partition coefficient (Wildman–Crippen LogP) is 2.98. The Morgan fingerprint density at radius 1 is 1.31 bits per heavy atom. The van der Waals surface area contributed by atoms with Gasteiger partial charge in [-0.15, -0.1) is 0 Å². The lowest BCUT2D eigenvalue weighted by molar-refractivity contribution is 0.101. The Balaban J connectivity index is 2.51. The van der Waals surface area contributed by atoms with Crippen LogP contribution in [0.25, 0.3) is 0 Å². The third-order valence-corrected chi connectivity index (χ3v) is 2.80. The molecule has 3 heteroatoms. The van der Waals surface area contributed by atoms with Crippen molar-refractivity contribution in [1.29, 1.82) is 0 Å². The molecule has 0 aliphatic heterocycles. The molecule has 0 spiro atoms. The highest BCUT2D eigenvalue weighted by Gasteiger charge is 2.28. The smallest absolute Gasteiger partial charge is 0.123 e. The van der Waals surface area contributed by atoms with Gasteiger partial charge in [-0.1, -0.05) is 6.07 Å².